The molecule has 1 rings (SSSR count). The van der Waals surface area contributed by atoms with E-state index in [2.05, 4.69) is 37.7 Å². The van der Waals surface area contributed by atoms with Crippen LogP contribution < -0.4 is 5.32 Å². The summed E-state index contributed by atoms with van der Waals surface area (Å²) in [5, 5.41) is 3.48. The zero-order valence-corrected chi connectivity index (χ0v) is 23.7. The number of esters is 2. The van der Waals surface area contributed by atoms with Gasteiger partial charge in [-0.25, -0.2) is 0 Å². The van der Waals surface area contributed by atoms with Crippen LogP contribution in [0.25, 0.3) is 0 Å². The van der Waals surface area contributed by atoms with Gasteiger partial charge in [-0.15, -0.1) is 0 Å². The van der Waals surface area contributed by atoms with Crippen molar-refractivity contribution in [2.45, 2.75) is 73.3 Å². The molecule has 0 aromatic heterocycles. The van der Waals surface area contributed by atoms with Crippen LogP contribution in [-0.2, 0) is 36.6 Å². The van der Waals surface area contributed by atoms with Gasteiger partial charge in [0, 0.05) is 0 Å². The van der Waals surface area contributed by atoms with Crippen LogP contribution in [0.3, 0.4) is 0 Å². The number of hydrogen-bond donors (Lipinski definition) is 1. The van der Waals surface area contributed by atoms with Crippen LogP contribution in [0.15, 0.2) is 24.3 Å². The Bertz CT molecular complexity index is 752. The van der Waals surface area contributed by atoms with Crippen molar-refractivity contribution in [3.8, 4) is 0 Å². The van der Waals surface area contributed by atoms with E-state index in [0.717, 1.165) is 31.0 Å². The van der Waals surface area contributed by atoms with Crippen molar-refractivity contribution in [1.29, 1.82) is 0 Å². The minimum atomic E-state index is -1.35. The predicted molar refractivity (Wildman–Crippen MR) is 143 cm³/mol. The molecule has 0 aliphatic rings. The van der Waals surface area contributed by atoms with Crippen LogP contribution in [0, 0.1) is 11.3 Å². The fourth-order valence-corrected chi connectivity index (χ4v) is 5.69. The maximum absolute atomic E-state index is 13.1. The number of ether oxygens (including phenoxy) is 3. The Balaban J connectivity index is 2.76. The van der Waals surface area contributed by atoms with Crippen LogP contribution in [-0.4, -0.2) is 57.4 Å². The Hall–Kier alpha value is -1.49. The first kappa shape index (κ1) is 30.5. The third-order valence-corrected chi connectivity index (χ3v) is 8.80. The molecule has 0 heterocycles. The van der Waals surface area contributed by atoms with E-state index in [4.69, 9.17) is 14.2 Å². The average molecular weight is 498 g/mol. The predicted octanol–water partition coefficient (Wildman–Crippen LogP) is 5.22. The van der Waals surface area contributed by atoms with Gasteiger partial charge in [-0.1, -0.05) is 20.8 Å². The minimum absolute atomic E-state index is 0.00487. The van der Waals surface area contributed by atoms with Crippen molar-refractivity contribution in [2.75, 3.05) is 39.4 Å². The summed E-state index contributed by atoms with van der Waals surface area (Å²) >= 11 is 0. The normalized spacial score (nSPS) is 15.8. The third kappa shape index (κ3) is 10.8. The topological polar surface area (TPSA) is 73.9 Å². The molecule has 7 heteroatoms. The summed E-state index contributed by atoms with van der Waals surface area (Å²) in [4.78, 5) is 25.2. The summed E-state index contributed by atoms with van der Waals surface area (Å²) in [6.07, 6.45) is 3.73. The molecular weight excluding hydrogens is 449 g/mol. The molecule has 0 fully saturated rings. The summed E-state index contributed by atoms with van der Waals surface area (Å²) < 4.78 is 17.0. The second-order valence-electron chi connectivity index (χ2n) is 10.5. The van der Waals surface area contributed by atoms with E-state index in [9.17, 15) is 9.59 Å². The molecule has 0 saturated heterocycles. The molecule has 0 bridgehead atoms. The second-order valence-corrected chi connectivity index (χ2v) is 15.6. The first-order valence-corrected chi connectivity index (χ1v) is 16.1. The number of hydrogen-bond acceptors (Lipinski definition) is 6. The Morgan fingerprint density at radius 2 is 1.59 bits per heavy atom. The van der Waals surface area contributed by atoms with Crippen LogP contribution in [0.4, 0.5) is 0 Å². The molecule has 0 saturated carbocycles. The Kier molecular flexibility index (Phi) is 13.3. The third-order valence-electron chi connectivity index (χ3n) is 6.23. The molecule has 3 unspecified atom stereocenters. The molecule has 0 radical (unpaired) electrons. The monoisotopic (exact) mass is 497 g/mol. The van der Waals surface area contributed by atoms with Gasteiger partial charge in [0.25, 0.3) is 0 Å². The maximum atomic E-state index is 13.1. The molecule has 0 aliphatic carbocycles. The quantitative estimate of drug-likeness (QED) is 0.249. The van der Waals surface area contributed by atoms with E-state index in [1.165, 1.54) is 5.56 Å². The van der Waals surface area contributed by atoms with E-state index in [1.807, 2.05) is 39.8 Å². The Morgan fingerprint density at radius 3 is 2.15 bits per heavy atom. The van der Waals surface area contributed by atoms with E-state index >= 15 is 0 Å². The SMILES string of the molecule is CCNC[PH](C)(C)Cc1ccc(COC(=O)C(C)(COC(=O)C(C)CC)COC(C)CC)cc1. The van der Waals surface area contributed by atoms with Gasteiger partial charge in [-0.3, -0.25) is 4.79 Å². The van der Waals surface area contributed by atoms with Gasteiger partial charge in [0.2, 0.25) is 0 Å². The van der Waals surface area contributed by atoms with Crippen LogP contribution >= 0.6 is 7.26 Å². The first-order valence-electron chi connectivity index (χ1n) is 12.7. The van der Waals surface area contributed by atoms with Crippen molar-refractivity contribution in [2.24, 2.45) is 11.3 Å². The van der Waals surface area contributed by atoms with E-state index in [0.29, 0.717) is 6.42 Å². The van der Waals surface area contributed by atoms with Crippen molar-refractivity contribution in [3.63, 3.8) is 0 Å². The van der Waals surface area contributed by atoms with Gasteiger partial charge in [-0.05, 0) is 19.8 Å². The van der Waals surface area contributed by atoms with Gasteiger partial charge >= 0.3 is 156 Å². The average Bonchev–Trinajstić information content (AvgIpc) is 2.83. The molecule has 0 aliphatic heterocycles. The fraction of sp³-hybridized carbons (Fsp3) is 0.704. The zero-order chi connectivity index (χ0) is 25.8. The van der Waals surface area contributed by atoms with Crippen molar-refractivity contribution < 1.29 is 23.8 Å². The molecule has 3 atom stereocenters. The van der Waals surface area contributed by atoms with Crippen molar-refractivity contribution in [1.82, 2.24) is 5.32 Å². The molecular formula is C27H48NO5P. The van der Waals surface area contributed by atoms with Crippen molar-refractivity contribution >= 4 is 19.2 Å². The molecule has 196 valence electrons. The first-order chi connectivity index (χ1) is 16.0. The van der Waals surface area contributed by atoms with E-state index in [-0.39, 0.29) is 37.8 Å². The van der Waals surface area contributed by atoms with Crippen molar-refractivity contribution in [3.05, 3.63) is 35.4 Å². The summed E-state index contributed by atoms with van der Waals surface area (Å²) in [6.45, 7) is 17.6. The summed E-state index contributed by atoms with van der Waals surface area (Å²) in [5.74, 6) is -0.933. The van der Waals surface area contributed by atoms with Gasteiger partial charge < -0.3 is 0 Å². The van der Waals surface area contributed by atoms with Gasteiger partial charge in [0.1, 0.15) is 0 Å². The molecule has 1 N–H and O–H groups in total. The Morgan fingerprint density at radius 1 is 0.971 bits per heavy atom. The molecule has 0 spiro atoms. The van der Waals surface area contributed by atoms with E-state index in [1.54, 1.807) is 6.92 Å². The summed E-state index contributed by atoms with van der Waals surface area (Å²) in [6, 6.07) is 8.30. The molecule has 1 aromatic carbocycles. The molecule has 34 heavy (non-hydrogen) atoms. The van der Waals surface area contributed by atoms with Crippen LogP contribution in [0.1, 0.15) is 65.5 Å². The molecule has 6 nitrogen and oxygen atoms in total. The molecule has 0 amide bonds. The van der Waals surface area contributed by atoms with E-state index < -0.39 is 18.6 Å². The summed E-state index contributed by atoms with van der Waals surface area (Å²) in [5.41, 5.74) is 1.19. The number of rotatable bonds is 16. The van der Waals surface area contributed by atoms with Gasteiger partial charge in [0.05, 0.1) is 5.92 Å². The standard InChI is InChI=1S/C27H48NO5P/c1-9-21(4)25(29)33-19-27(6,18-32-22(5)10-2)26(30)31-16-23-12-14-24(15-13-23)17-34(7,8)20-28-11-3/h12-15,21-22,28,34H,9-11,16-20H2,1-8H3. The number of nitrogens with one attached hydrogen (secondary N) is 1. The van der Waals surface area contributed by atoms with Gasteiger partial charge in [0.15, 0.2) is 0 Å². The fourth-order valence-electron chi connectivity index (χ4n) is 3.30. The number of carbonyl (C=O) groups is 2. The van der Waals surface area contributed by atoms with Crippen LogP contribution in [0.5, 0.6) is 0 Å². The number of carbonyl (C=O) groups excluding carboxylic acids is 2. The molecule has 1 aromatic rings. The second kappa shape index (κ2) is 14.8. The van der Waals surface area contributed by atoms with Gasteiger partial charge in [-0.2, -0.15) is 0 Å². The Labute approximate surface area is 207 Å². The number of benzene rings is 1. The summed E-state index contributed by atoms with van der Waals surface area (Å²) in [7, 11) is -1.35. The zero-order valence-electron chi connectivity index (χ0n) is 22.7. The van der Waals surface area contributed by atoms with Crippen LogP contribution in [0.2, 0.25) is 0 Å².